The molecule has 0 aromatic carbocycles. The zero-order chi connectivity index (χ0) is 28.6. The van der Waals surface area contributed by atoms with E-state index in [0.29, 0.717) is 30.1 Å². The van der Waals surface area contributed by atoms with E-state index in [4.69, 9.17) is 14.2 Å². The molecule has 8 aliphatic rings. The van der Waals surface area contributed by atoms with Crippen LogP contribution in [0, 0.1) is 63.1 Å². The lowest BCUT2D eigenvalue weighted by Crippen LogP contribution is -2.77. The van der Waals surface area contributed by atoms with Crippen molar-refractivity contribution in [2.24, 2.45) is 63.1 Å². The Balaban J connectivity index is 1.34. The number of fused-ring (bicyclic) bond motifs is 1. The molecular weight excluding hydrogens is 504 g/mol. The topological polar surface area (TPSA) is 82.2 Å². The lowest BCUT2D eigenvalue weighted by atomic mass is 9.27. The van der Waals surface area contributed by atoms with Crippen molar-refractivity contribution in [1.29, 1.82) is 0 Å². The molecule has 13 atom stereocenters. The van der Waals surface area contributed by atoms with E-state index in [9.17, 15) is 14.4 Å². The van der Waals surface area contributed by atoms with Gasteiger partial charge in [0.05, 0.1) is 17.9 Å². The summed E-state index contributed by atoms with van der Waals surface area (Å²) in [5.41, 5.74) is -1.99. The van der Waals surface area contributed by atoms with Crippen LogP contribution < -0.4 is 0 Å². The third kappa shape index (κ3) is 2.83. The van der Waals surface area contributed by atoms with Gasteiger partial charge in [0.2, 0.25) is 0 Å². The standard InChI is InChI=1S/C34H46O6/c1-18(2)19(3)8-9-20(4)23-10-11-24-30(23,6)17-25-34(40-25)31(7)13-12-22(38-21(5)35)16-32(31)14-15-33(24,34)27-26(32)28(36)39-29(27)37/h8-9,14-15,18-20,22-27H,10-13,16-17H2,1-7H3/b9-8+/t19-,20+,22-,23+,24+,25+,26?,27?,30+,31-,32-,33+,34-/m0/s1. The number of hydrogen-bond donors (Lipinski definition) is 0. The van der Waals surface area contributed by atoms with E-state index in [2.05, 4.69) is 65.8 Å². The molecule has 3 spiro atoms. The van der Waals surface area contributed by atoms with Crippen LogP contribution >= 0.6 is 0 Å². The van der Waals surface area contributed by atoms with Gasteiger partial charge in [-0.2, -0.15) is 0 Å². The summed E-state index contributed by atoms with van der Waals surface area (Å²) < 4.78 is 18.3. The van der Waals surface area contributed by atoms with Gasteiger partial charge in [-0.25, -0.2) is 0 Å². The highest BCUT2D eigenvalue weighted by molar-refractivity contribution is 5.99. The van der Waals surface area contributed by atoms with Crippen molar-refractivity contribution >= 4 is 17.9 Å². The summed E-state index contributed by atoms with van der Waals surface area (Å²) in [6.07, 6.45) is 14.5. The maximum atomic E-state index is 13.8. The molecule has 2 bridgehead atoms. The van der Waals surface area contributed by atoms with Crippen molar-refractivity contribution < 1.29 is 28.6 Å². The largest absolute Gasteiger partial charge is 0.463 e. The highest BCUT2D eigenvalue weighted by atomic mass is 16.6. The minimum absolute atomic E-state index is 0.00105. The van der Waals surface area contributed by atoms with Gasteiger partial charge in [-0.05, 0) is 73.5 Å². The third-order valence-electron chi connectivity index (χ3n) is 13.9. The summed E-state index contributed by atoms with van der Waals surface area (Å²) in [6, 6.07) is 0. The molecule has 218 valence electrons. The van der Waals surface area contributed by atoms with Gasteiger partial charge >= 0.3 is 17.9 Å². The third-order valence-corrected chi connectivity index (χ3v) is 13.9. The molecule has 0 aromatic rings. The van der Waals surface area contributed by atoms with Gasteiger partial charge in [-0.3, -0.25) is 14.4 Å². The Hall–Kier alpha value is -1.95. The lowest BCUT2D eigenvalue weighted by molar-refractivity contribution is -0.238. The Bertz CT molecular complexity index is 1230. The maximum absolute atomic E-state index is 13.8. The van der Waals surface area contributed by atoms with Crippen molar-refractivity contribution in [3.8, 4) is 0 Å². The molecule has 2 unspecified atom stereocenters. The van der Waals surface area contributed by atoms with Gasteiger partial charge in [0.1, 0.15) is 11.7 Å². The molecule has 0 amide bonds. The first kappa shape index (κ1) is 26.9. The number of allylic oxidation sites excluding steroid dienone is 3. The first-order valence-corrected chi connectivity index (χ1v) is 15.8. The Morgan fingerprint density at radius 3 is 2.42 bits per heavy atom. The molecule has 6 heteroatoms. The van der Waals surface area contributed by atoms with Crippen LogP contribution in [0.3, 0.4) is 0 Å². The van der Waals surface area contributed by atoms with Crippen molar-refractivity contribution in [1.82, 2.24) is 0 Å². The number of epoxide rings is 1. The first-order chi connectivity index (χ1) is 18.8. The number of rotatable bonds is 5. The Labute approximate surface area is 238 Å². The number of carbonyl (C=O) groups is 3. The highest BCUT2D eigenvalue weighted by Crippen LogP contribution is 2.88. The zero-order valence-electron chi connectivity index (χ0n) is 25.2. The van der Waals surface area contributed by atoms with Crippen LogP contribution in [-0.4, -0.2) is 35.7 Å². The molecule has 6 nitrogen and oxygen atoms in total. The van der Waals surface area contributed by atoms with Gasteiger partial charge in [0, 0.05) is 23.2 Å². The van der Waals surface area contributed by atoms with E-state index < -0.39 is 28.3 Å². The average Bonchev–Trinajstić information content (AvgIpc) is 3.37. The second kappa shape index (κ2) is 8.11. The number of cyclic esters (lactones) is 2. The monoisotopic (exact) mass is 550 g/mol. The maximum Gasteiger partial charge on any atom is 0.318 e. The molecule has 2 saturated heterocycles. The van der Waals surface area contributed by atoms with Crippen LogP contribution in [0.2, 0.25) is 0 Å². The fourth-order valence-corrected chi connectivity index (χ4v) is 11.9. The predicted octanol–water partition coefficient (Wildman–Crippen LogP) is 6.04. The molecule has 4 saturated carbocycles. The van der Waals surface area contributed by atoms with E-state index in [1.54, 1.807) is 0 Å². The molecule has 2 aliphatic heterocycles. The fourth-order valence-electron chi connectivity index (χ4n) is 11.9. The molecular formula is C34H46O6. The number of esters is 3. The molecule has 8 rings (SSSR count). The fraction of sp³-hybridized carbons (Fsp3) is 0.794. The van der Waals surface area contributed by atoms with Gasteiger partial charge in [-0.15, -0.1) is 0 Å². The summed E-state index contributed by atoms with van der Waals surface area (Å²) in [4.78, 5) is 39.4. The molecule has 6 fully saturated rings. The average molecular weight is 551 g/mol. The number of hydrogen-bond acceptors (Lipinski definition) is 6. The Kier molecular flexibility index (Phi) is 5.46. The van der Waals surface area contributed by atoms with Crippen molar-refractivity contribution in [2.75, 3.05) is 0 Å². The normalized spacial score (nSPS) is 52.9. The van der Waals surface area contributed by atoms with Crippen molar-refractivity contribution in [3.05, 3.63) is 24.3 Å². The SMILES string of the molecule is CC(=O)O[C@H]1CC[C@]2(C)[C@@]34O[C@@H]3C[C@]3(C)[C@@H]([C@H](C)/C=C/[C@H](C)C(C)C)CC[C@H]3[C@@]43C=C[C@]2(C1)C1C(=O)OC(=O)C13. The van der Waals surface area contributed by atoms with Gasteiger partial charge < -0.3 is 14.2 Å². The highest BCUT2D eigenvalue weighted by Gasteiger charge is 2.94. The zero-order valence-corrected chi connectivity index (χ0v) is 25.2. The van der Waals surface area contributed by atoms with E-state index in [1.807, 2.05) is 0 Å². The first-order valence-electron chi connectivity index (χ1n) is 15.8. The van der Waals surface area contributed by atoms with Crippen LogP contribution in [0.5, 0.6) is 0 Å². The van der Waals surface area contributed by atoms with Gasteiger partial charge in [0.25, 0.3) is 0 Å². The molecule has 6 aliphatic carbocycles. The molecule has 0 radical (unpaired) electrons. The Morgan fingerprint density at radius 2 is 1.73 bits per heavy atom. The molecule has 0 N–H and O–H groups in total. The summed E-state index contributed by atoms with van der Waals surface area (Å²) >= 11 is 0. The summed E-state index contributed by atoms with van der Waals surface area (Å²) in [5, 5.41) is 0. The molecule has 2 heterocycles. The summed E-state index contributed by atoms with van der Waals surface area (Å²) in [7, 11) is 0. The summed E-state index contributed by atoms with van der Waals surface area (Å²) in [6.45, 7) is 15.4. The predicted molar refractivity (Wildman–Crippen MR) is 148 cm³/mol. The van der Waals surface area contributed by atoms with E-state index >= 15 is 0 Å². The van der Waals surface area contributed by atoms with E-state index in [0.717, 1.165) is 32.1 Å². The smallest absolute Gasteiger partial charge is 0.318 e. The summed E-state index contributed by atoms with van der Waals surface area (Å²) in [5.74, 6) is 0.172. The number of carbonyl (C=O) groups excluding carboxylic acids is 3. The second-order valence-corrected chi connectivity index (χ2v) is 15.4. The quantitative estimate of drug-likeness (QED) is 0.180. The lowest BCUT2D eigenvalue weighted by Gasteiger charge is -2.72. The number of ether oxygens (including phenoxy) is 3. The van der Waals surface area contributed by atoms with Crippen LogP contribution in [0.1, 0.15) is 87.0 Å². The van der Waals surface area contributed by atoms with Gasteiger partial charge in [0.15, 0.2) is 0 Å². The molecule has 0 aromatic heterocycles. The van der Waals surface area contributed by atoms with Crippen molar-refractivity contribution in [3.63, 3.8) is 0 Å². The van der Waals surface area contributed by atoms with E-state index in [1.165, 1.54) is 6.92 Å². The van der Waals surface area contributed by atoms with Crippen LogP contribution in [0.4, 0.5) is 0 Å². The van der Waals surface area contributed by atoms with Crippen LogP contribution in [-0.2, 0) is 28.6 Å². The minimum Gasteiger partial charge on any atom is -0.463 e. The van der Waals surface area contributed by atoms with Crippen LogP contribution in [0.25, 0.3) is 0 Å². The second-order valence-electron chi connectivity index (χ2n) is 15.4. The van der Waals surface area contributed by atoms with Gasteiger partial charge in [-0.1, -0.05) is 65.8 Å². The van der Waals surface area contributed by atoms with Crippen LogP contribution in [0.15, 0.2) is 24.3 Å². The molecule has 40 heavy (non-hydrogen) atoms. The van der Waals surface area contributed by atoms with Crippen molar-refractivity contribution in [2.45, 2.75) is 105 Å². The minimum atomic E-state index is -0.620. The Morgan fingerprint density at radius 1 is 1.00 bits per heavy atom. The van der Waals surface area contributed by atoms with E-state index in [-0.39, 0.29) is 46.9 Å².